The van der Waals surface area contributed by atoms with E-state index in [-0.39, 0.29) is 46.6 Å². The van der Waals surface area contributed by atoms with Gasteiger partial charge in [-0.25, -0.2) is 4.79 Å². The Kier molecular flexibility index (Phi) is 7.02. The zero-order valence-corrected chi connectivity index (χ0v) is 23.6. The van der Waals surface area contributed by atoms with Gasteiger partial charge in [0.05, 0.1) is 23.9 Å². The molecule has 0 radical (unpaired) electrons. The summed E-state index contributed by atoms with van der Waals surface area (Å²) in [5, 5.41) is 45.2. The highest BCUT2D eigenvalue weighted by Gasteiger charge is 2.69. The van der Waals surface area contributed by atoms with Crippen molar-refractivity contribution in [3.05, 3.63) is 11.6 Å². The van der Waals surface area contributed by atoms with Crippen LogP contribution >= 0.6 is 0 Å². The molecule has 220 valence electrons. The molecule has 6 aliphatic rings. The molecule has 2 aliphatic heterocycles. The third-order valence-electron chi connectivity index (χ3n) is 12.4. The van der Waals surface area contributed by atoms with Crippen LogP contribution in [-0.2, 0) is 23.7 Å². The summed E-state index contributed by atoms with van der Waals surface area (Å²) in [5.74, 6) is 0.393. The van der Waals surface area contributed by atoms with Gasteiger partial charge in [0.25, 0.3) is 0 Å². The van der Waals surface area contributed by atoms with Gasteiger partial charge in [0, 0.05) is 25.0 Å². The minimum atomic E-state index is -1.13. The molecule has 9 heteroatoms. The summed E-state index contributed by atoms with van der Waals surface area (Å²) in [6, 6.07) is 0. The monoisotopic (exact) mass is 550 g/mol. The third-order valence-corrected chi connectivity index (χ3v) is 12.4. The zero-order valence-electron chi connectivity index (χ0n) is 23.6. The predicted octanol–water partition coefficient (Wildman–Crippen LogP) is 2.08. The van der Waals surface area contributed by atoms with Crippen LogP contribution in [0.3, 0.4) is 0 Å². The van der Waals surface area contributed by atoms with Crippen molar-refractivity contribution in [3.63, 3.8) is 0 Å². The van der Waals surface area contributed by atoms with E-state index in [0.717, 1.165) is 44.1 Å². The van der Waals surface area contributed by atoms with Gasteiger partial charge in [0.2, 0.25) is 0 Å². The minimum absolute atomic E-state index is 0.0986. The lowest BCUT2D eigenvalue weighted by Gasteiger charge is -2.64. The summed E-state index contributed by atoms with van der Waals surface area (Å²) < 4.78 is 22.6. The summed E-state index contributed by atoms with van der Waals surface area (Å²) >= 11 is 0. The molecule has 0 amide bonds. The number of carbonyl (C=O) groups excluding carboxylic acids is 1. The average molecular weight is 551 g/mol. The summed E-state index contributed by atoms with van der Waals surface area (Å²) in [4.78, 5) is 11.8. The van der Waals surface area contributed by atoms with E-state index in [1.165, 1.54) is 7.11 Å². The number of hydrogen-bond donors (Lipinski definition) is 4. The first-order valence-electron chi connectivity index (χ1n) is 14.9. The van der Waals surface area contributed by atoms with Crippen LogP contribution in [0.25, 0.3) is 0 Å². The average Bonchev–Trinajstić information content (AvgIpc) is 3.43. The molecule has 6 rings (SSSR count). The molecule has 5 fully saturated rings. The molecular weight excluding hydrogens is 504 g/mol. The van der Waals surface area contributed by atoms with Crippen LogP contribution in [0.4, 0.5) is 0 Å². The standard InChI is InChI=1S/C30H46O9/c1-15-24(33)26(36-4)25(34)27(38-15)39-18-12-17-5-6-21-20(29(17,3)22(31)13-18)7-9-28(2)19(8-10-30(21,28)35)16-11-23(32)37-14-16/h11,15,17-22,24-27,31,33-35H,5-10,12-14H2,1-4H3/t15-,17+,18+,19+,20-,21+,22+,24+,25?,26+,27-,28+,29-,30-/m0/s1. The first kappa shape index (κ1) is 28.1. The maximum Gasteiger partial charge on any atom is 0.331 e. The first-order valence-corrected chi connectivity index (χ1v) is 14.9. The Balaban J connectivity index is 1.19. The summed E-state index contributed by atoms with van der Waals surface area (Å²) in [6.45, 7) is 6.49. The molecule has 0 spiro atoms. The van der Waals surface area contributed by atoms with E-state index >= 15 is 0 Å². The summed E-state index contributed by atoms with van der Waals surface area (Å²) in [5.41, 5.74) is -0.455. The van der Waals surface area contributed by atoms with Gasteiger partial charge in [0.1, 0.15) is 24.9 Å². The molecular formula is C30H46O9. The normalized spacial score (nSPS) is 55.3. The molecule has 39 heavy (non-hydrogen) atoms. The molecule has 1 unspecified atom stereocenters. The topological polar surface area (TPSA) is 135 Å². The smallest absolute Gasteiger partial charge is 0.331 e. The fourth-order valence-corrected chi connectivity index (χ4v) is 10.1. The first-order chi connectivity index (χ1) is 18.4. The molecule has 14 atom stereocenters. The van der Waals surface area contributed by atoms with Crippen molar-refractivity contribution < 1.29 is 44.2 Å². The van der Waals surface area contributed by atoms with Gasteiger partial charge in [0.15, 0.2) is 6.29 Å². The van der Waals surface area contributed by atoms with E-state index in [1.807, 2.05) is 0 Å². The Morgan fingerprint density at radius 1 is 1.00 bits per heavy atom. The minimum Gasteiger partial charge on any atom is -0.458 e. The van der Waals surface area contributed by atoms with Gasteiger partial charge in [-0.2, -0.15) is 0 Å². The number of esters is 1. The van der Waals surface area contributed by atoms with Gasteiger partial charge in [-0.3, -0.25) is 0 Å². The van der Waals surface area contributed by atoms with Gasteiger partial charge in [-0.05, 0) is 86.5 Å². The third kappa shape index (κ3) is 4.02. The van der Waals surface area contributed by atoms with Crippen molar-refractivity contribution in [2.75, 3.05) is 13.7 Å². The van der Waals surface area contributed by atoms with Crippen molar-refractivity contribution >= 4 is 5.97 Å². The van der Waals surface area contributed by atoms with Crippen LogP contribution in [0.5, 0.6) is 0 Å². The molecule has 0 aromatic heterocycles. The van der Waals surface area contributed by atoms with Crippen LogP contribution in [-0.4, -0.2) is 88.6 Å². The Labute approximate surface area is 230 Å². The largest absolute Gasteiger partial charge is 0.458 e. The number of carbonyl (C=O) groups is 1. The Morgan fingerprint density at radius 3 is 2.46 bits per heavy atom. The van der Waals surface area contributed by atoms with E-state index in [4.69, 9.17) is 18.9 Å². The van der Waals surface area contributed by atoms with E-state index in [9.17, 15) is 25.2 Å². The maximum absolute atomic E-state index is 12.4. The van der Waals surface area contributed by atoms with Crippen LogP contribution in [0.2, 0.25) is 0 Å². The van der Waals surface area contributed by atoms with Crippen molar-refractivity contribution in [2.24, 2.45) is 34.5 Å². The molecule has 1 saturated heterocycles. The quantitative estimate of drug-likeness (QED) is 0.307. The van der Waals surface area contributed by atoms with Crippen molar-refractivity contribution in [2.45, 2.75) is 121 Å². The van der Waals surface area contributed by atoms with Gasteiger partial charge in [-0.1, -0.05) is 13.8 Å². The highest BCUT2D eigenvalue weighted by molar-refractivity contribution is 5.85. The lowest BCUT2D eigenvalue weighted by molar-refractivity contribution is -0.317. The second kappa shape index (κ2) is 9.75. The van der Waals surface area contributed by atoms with Crippen molar-refractivity contribution in [1.82, 2.24) is 0 Å². The van der Waals surface area contributed by atoms with E-state index in [1.54, 1.807) is 13.0 Å². The number of ether oxygens (including phenoxy) is 4. The number of hydrogen-bond acceptors (Lipinski definition) is 9. The number of methoxy groups -OCH3 is 1. The second-order valence-electron chi connectivity index (χ2n) is 13.8. The van der Waals surface area contributed by atoms with Crippen LogP contribution in [0.15, 0.2) is 11.6 Å². The fraction of sp³-hybridized carbons (Fsp3) is 0.900. The summed E-state index contributed by atoms with van der Waals surface area (Å²) in [6.07, 6.45) is 2.74. The lowest BCUT2D eigenvalue weighted by atomic mass is 9.42. The molecule has 4 saturated carbocycles. The maximum atomic E-state index is 12.4. The van der Waals surface area contributed by atoms with Gasteiger partial charge >= 0.3 is 5.97 Å². The summed E-state index contributed by atoms with van der Waals surface area (Å²) in [7, 11) is 1.45. The van der Waals surface area contributed by atoms with Crippen molar-refractivity contribution in [3.8, 4) is 0 Å². The number of cyclic esters (lactones) is 1. The van der Waals surface area contributed by atoms with E-state index in [2.05, 4.69) is 13.8 Å². The number of aliphatic hydroxyl groups is 4. The Bertz CT molecular complexity index is 1000. The molecule has 4 aliphatic carbocycles. The van der Waals surface area contributed by atoms with E-state index < -0.39 is 42.4 Å². The van der Waals surface area contributed by atoms with Crippen LogP contribution in [0.1, 0.15) is 72.1 Å². The van der Waals surface area contributed by atoms with Crippen molar-refractivity contribution in [1.29, 1.82) is 0 Å². The predicted molar refractivity (Wildman–Crippen MR) is 139 cm³/mol. The Morgan fingerprint density at radius 2 is 1.77 bits per heavy atom. The van der Waals surface area contributed by atoms with Crippen LogP contribution in [0, 0.1) is 34.5 Å². The Hall–Kier alpha value is -1.07. The highest BCUT2D eigenvalue weighted by Crippen LogP contribution is 2.70. The molecule has 0 aromatic rings. The molecule has 9 nitrogen and oxygen atoms in total. The van der Waals surface area contributed by atoms with Crippen LogP contribution < -0.4 is 0 Å². The molecule has 2 heterocycles. The zero-order chi connectivity index (χ0) is 27.9. The number of aliphatic hydroxyl groups excluding tert-OH is 3. The molecule has 4 N–H and O–H groups in total. The molecule has 0 aromatic carbocycles. The van der Waals surface area contributed by atoms with Gasteiger partial charge < -0.3 is 39.4 Å². The highest BCUT2D eigenvalue weighted by atomic mass is 16.7. The number of rotatable bonds is 4. The molecule has 0 bridgehead atoms. The number of fused-ring (bicyclic) bond motifs is 5. The van der Waals surface area contributed by atoms with Gasteiger partial charge in [-0.15, -0.1) is 0 Å². The SMILES string of the molecule is CO[C@H]1C(O)[C@H](O[C@@H]2C[C@H]3CC[C@@H]4[C@H](CC[C@]5(C)[C@@H](C6=CC(=O)OC6)CC[C@]45O)[C@@]3(C)[C@H](O)C2)O[C@@H](C)[C@H]1O. The van der Waals surface area contributed by atoms with E-state index in [0.29, 0.717) is 19.4 Å². The lowest BCUT2D eigenvalue weighted by Crippen LogP contribution is -2.65. The fourth-order valence-electron chi connectivity index (χ4n) is 10.1. The second-order valence-corrected chi connectivity index (χ2v) is 13.8.